The van der Waals surface area contributed by atoms with Gasteiger partial charge in [0.25, 0.3) is 0 Å². The molecule has 1 fully saturated rings. The lowest BCUT2D eigenvalue weighted by molar-refractivity contribution is -0.144. The summed E-state index contributed by atoms with van der Waals surface area (Å²) in [6.07, 6.45) is 0.330. The number of aliphatic carboxylic acids is 2. The van der Waals surface area contributed by atoms with Crippen LogP contribution >= 0.6 is 0 Å². The number of aliphatic imine (C=N–C) groups is 2. The first-order valence-electron chi connectivity index (χ1n) is 15.9. The van der Waals surface area contributed by atoms with Gasteiger partial charge in [-0.15, -0.1) is 0 Å². The number of nitrogens with zero attached hydrogens (tertiary/aromatic N) is 3. The van der Waals surface area contributed by atoms with E-state index in [2.05, 4.69) is 25.9 Å². The number of phenols is 1. The number of hydrogen-bond acceptors (Lipinski definition) is 10. The Morgan fingerprint density at radius 2 is 1.38 bits per heavy atom. The van der Waals surface area contributed by atoms with Gasteiger partial charge in [0, 0.05) is 26.1 Å². The predicted molar refractivity (Wildman–Crippen MR) is 180 cm³/mol. The summed E-state index contributed by atoms with van der Waals surface area (Å²) in [5.41, 5.74) is 27.9. The molecule has 1 aromatic rings. The van der Waals surface area contributed by atoms with E-state index in [4.69, 9.17) is 28.7 Å². The SMILES string of the molecule is NC(N)=NCCC[C@H](NC(=O)[C@H](CC(=O)O)NC(=O)[C@@H]1CCCN1C(=O)[C@@H](N)CCCN=C(N)N)C(=O)N[C@@H](Cc1ccc(O)cc1)C(=O)O. The van der Waals surface area contributed by atoms with Crippen molar-refractivity contribution in [3.63, 3.8) is 0 Å². The number of amides is 4. The van der Waals surface area contributed by atoms with Gasteiger partial charge in [0.15, 0.2) is 11.9 Å². The molecule has 1 aromatic carbocycles. The Labute approximate surface area is 287 Å². The number of nitrogens with two attached hydrogens (primary N) is 5. The molecule has 1 aliphatic rings. The van der Waals surface area contributed by atoms with Crippen LogP contribution in [0.25, 0.3) is 0 Å². The van der Waals surface area contributed by atoms with E-state index in [1.807, 2.05) is 0 Å². The van der Waals surface area contributed by atoms with Crippen LogP contribution in [0.1, 0.15) is 50.5 Å². The molecule has 1 heterocycles. The van der Waals surface area contributed by atoms with Gasteiger partial charge in [0.05, 0.1) is 12.5 Å². The zero-order valence-electron chi connectivity index (χ0n) is 27.5. The summed E-state index contributed by atoms with van der Waals surface area (Å²) in [6, 6.07) is -0.845. The van der Waals surface area contributed by atoms with Crippen LogP contribution in [0, 0.1) is 0 Å². The molecule has 0 spiro atoms. The molecule has 0 radical (unpaired) electrons. The number of aromatic hydroxyl groups is 1. The normalized spacial score (nSPS) is 16.2. The minimum absolute atomic E-state index is 0.0389. The molecule has 276 valence electrons. The zero-order chi connectivity index (χ0) is 37.4. The summed E-state index contributed by atoms with van der Waals surface area (Å²) in [4.78, 5) is 85.9. The van der Waals surface area contributed by atoms with Gasteiger partial charge < -0.3 is 64.8 Å². The molecule has 0 unspecified atom stereocenters. The molecule has 16 N–H and O–H groups in total. The summed E-state index contributed by atoms with van der Waals surface area (Å²) >= 11 is 0. The number of carbonyl (C=O) groups is 6. The van der Waals surface area contributed by atoms with Crippen molar-refractivity contribution in [2.24, 2.45) is 38.7 Å². The third kappa shape index (κ3) is 13.8. The molecular formula is C30H47N11O9. The van der Waals surface area contributed by atoms with E-state index in [1.165, 1.54) is 29.2 Å². The number of carboxylic acids is 2. The average molecular weight is 706 g/mol. The van der Waals surface area contributed by atoms with E-state index in [-0.39, 0.29) is 69.4 Å². The minimum atomic E-state index is -1.67. The molecule has 2 rings (SSSR count). The minimum Gasteiger partial charge on any atom is -0.508 e. The van der Waals surface area contributed by atoms with Gasteiger partial charge in [-0.25, -0.2) is 4.79 Å². The molecule has 20 heteroatoms. The van der Waals surface area contributed by atoms with E-state index in [1.54, 1.807) is 0 Å². The van der Waals surface area contributed by atoms with Gasteiger partial charge in [0.1, 0.15) is 29.9 Å². The third-order valence-electron chi connectivity index (χ3n) is 7.70. The number of guanidine groups is 2. The number of benzene rings is 1. The fourth-order valence-electron chi connectivity index (χ4n) is 5.20. The largest absolute Gasteiger partial charge is 0.508 e. The maximum absolute atomic E-state index is 13.4. The van der Waals surface area contributed by atoms with Crippen molar-refractivity contribution in [3.05, 3.63) is 29.8 Å². The van der Waals surface area contributed by atoms with Gasteiger partial charge in [-0.1, -0.05) is 12.1 Å². The molecule has 50 heavy (non-hydrogen) atoms. The Bertz CT molecular complexity index is 1410. The number of likely N-dealkylation sites (tertiary alicyclic amines) is 1. The molecule has 0 aliphatic carbocycles. The van der Waals surface area contributed by atoms with Gasteiger partial charge in [-0.05, 0) is 56.2 Å². The van der Waals surface area contributed by atoms with Crippen LogP contribution < -0.4 is 44.6 Å². The number of hydrogen-bond donors (Lipinski definition) is 11. The Kier molecular flexibility index (Phi) is 16.2. The Morgan fingerprint density at radius 3 is 1.94 bits per heavy atom. The second-order valence-corrected chi connectivity index (χ2v) is 11.7. The lowest BCUT2D eigenvalue weighted by Gasteiger charge is -2.28. The first-order valence-corrected chi connectivity index (χ1v) is 15.9. The highest BCUT2D eigenvalue weighted by Crippen LogP contribution is 2.20. The van der Waals surface area contributed by atoms with Gasteiger partial charge >= 0.3 is 11.9 Å². The summed E-state index contributed by atoms with van der Waals surface area (Å²) in [7, 11) is 0. The van der Waals surface area contributed by atoms with Crippen LogP contribution in [-0.4, -0.2) is 118 Å². The van der Waals surface area contributed by atoms with Crippen molar-refractivity contribution in [2.75, 3.05) is 19.6 Å². The van der Waals surface area contributed by atoms with Crippen LogP contribution in [-0.2, 0) is 35.2 Å². The van der Waals surface area contributed by atoms with Crippen molar-refractivity contribution >= 4 is 47.5 Å². The van der Waals surface area contributed by atoms with Crippen molar-refractivity contribution < 1.29 is 44.1 Å². The fraction of sp³-hybridized carbons (Fsp3) is 0.533. The Hall–Kier alpha value is -5.66. The summed E-state index contributed by atoms with van der Waals surface area (Å²) in [6.45, 7) is 0.512. The van der Waals surface area contributed by atoms with E-state index in [0.29, 0.717) is 18.4 Å². The fourth-order valence-corrected chi connectivity index (χ4v) is 5.20. The molecule has 1 saturated heterocycles. The van der Waals surface area contributed by atoms with Crippen LogP contribution in [0.5, 0.6) is 5.75 Å². The highest BCUT2D eigenvalue weighted by molar-refractivity contribution is 5.97. The van der Waals surface area contributed by atoms with Crippen molar-refractivity contribution in [1.82, 2.24) is 20.9 Å². The lowest BCUT2D eigenvalue weighted by Crippen LogP contribution is -2.58. The second kappa shape index (κ2) is 20.0. The molecule has 5 atom stereocenters. The number of carboxylic acid groups (broad SMARTS) is 2. The molecule has 0 bridgehead atoms. The number of phenolic OH excluding ortho intramolecular Hbond substituents is 1. The first-order chi connectivity index (χ1) is 23.6. The van der Waals surface area contributed by atoms with Crippen LogP contribution in [0.4, 0.5) is 0 Å². The third-order valence-corrected chi connectivity index (χ3v) is 7.70. The topological polar surface area (TPSA) is 357 Å². The monoisotopic (exact) mass is 705 g/mol. The Morgan fingerprint density at radius 1 is 0.820 bits per heavy atom. The maximum atomic E-state index is 13.4. The Balaban J connectivity index is 2.19. The summed E-state index contributed by atoms with van der Waals surface area (Å²) < 4.78 is 0. The molecule has 0 saturated carbocycles. The van der Waals surface area contributed by atoms with Crippen molar-refractivity contribution in [2.45, 2.75) is 81.6 Å². The quantitative estimate of drug-likeness (QED) is 0.0354. The lowest BCUT2D eigenvalue weighted by atomic mass is 10.0. The van der Waals surface area contributed by atoms with Crippen LogP contribution in [0.3, 0.4) is 0 Å². The molecule has 0 aromatic heterocycles. The van der Waals surface area contributed by atoms with Gasteiger partial charge in [-0.2, -0.15) is 0 Å². The molecular weight excluding hydrogens is 658 g/mol. The standard InChI is InChI=1S/C30H47N11O9/c31-18(4-1-11-36-29(32)33)27(48)41-13-3-6-22(41)26(47)39-20(15-23(43)44)25(46)38-19(5-2-12-37-30(34)35)24(45)40-21(28(49)50)14-16-7-9-17(42)10-8-16/h7-10,18-22,42H,1-6,11-15,31H2,(H,38,46)(H,39,47)(H,40,45)(H,43,44)(H,49,50)(H4,32,33,36)(H4,34,35,37)/t18-,19-,20-,21-,22-/m0/s1. The number of rotatable bonds is 20. The second-order valence-electron chi connectivity index (χ2n) is 11.7. The highest BCUT2D eigenvalue weighted by atomic mass is 16.4. The van der Waals surface area contributed by atoms with E-state index < -0.39 is 72.2 Å². The van der Waals surface area contributed by atoms with Crippen LogP contribution in [0.2, 0.25) is 0 Å². The van der Waals surface area contributed by atoms with E-state index in [9.17, 15) is 44.1 Å². The molecule has 4 amide bonds. The molecule has 1 aliphatic heterocycles. The smallest absolute Gasteiger partial charge is 0.326 e. The van der Waals surface area contributed by atoms with Gasteiger partial charge in [0.2, 0.25) is 23.6 Å². The van der Waals surface area contributed by atoms with Crippen molar-refractivity contribution in [3.8, 4) is 5.75 Å². The van der Waals surface area contributed by atoms with E-state index in [0.717, 1.165) is 0 Å². The average Bonchev–Trinajstić information content (AvgIpc) is 3.54. The van der Waals surface area contributed by atoms with Gasteiger partial charge in [-0.3, -0.25) is 34.0 Å². The summed E-state index contributed by atoms with van der Waals surface area (Å²) in [5.74, 6) is -6.43. The van der Waals surface area contributed by atoms with E-state index >= 15 is 0 Å². The van der Waals surface area contributed by atoms with Crippen LogP contribution in [0.15, 0.2) is 34.3 Å². The highest BCUT2D eigenvalue weighted by Gasteiger charge is 2.38. The number of nitrogens with one attached hydrogen (secondary N) is 3. The summed E-state index contributed by atoms with van der Waals surface area (Å²) in [5, 5.41) is 36.0. The number of carbonyl (C=O) groups excluding carboxylic acids is 4. The molecule has 20 nitrogen and oxygen atoms in total. The maximum Gasteiger partial charge on any atom is 0.326 e. The zero-order valence-corrected chi connectivity index (χ0v) is 27.5. The van der Waals surface area contributed by atoms with Crippen molar-refractivity contribution in [1.29, 1.82) is 0 Å². The first kappa shape index (κ1) is 40.5. The predicted octanol–water partition coefficient (Wildman–Crippen LogP) is -3.63.